The number of aromatic amines is 1. The van der Waals surface area contributed by atoms with Gasteiger partial charge in [0.05, 0.1) is 16.7 Å². The number of non-ortho nitro benzene ring substituents is 1. The molecule has 1 aromatic heterocycles. The molecule has 0 atom stereocenters. The molecule has 154 valence electrons. The zero-order chi connectivity index (χ0) is 22.0. The Morgan fingerprint density at radius 3 is 2.43 bits per heavy atom. The van der Waals surface area contributed by atoms with Crippen molar-refractivity contribution in [2.45, 2.75) is 6.92 Å². The third-order valence-electron chi connectivity index (χ3n) is 3.81. The van der Waals surface area contributed by atoms with Gasteiger partial charge in [0.15, 0.2) is 10.7 Å². The molecule has 0 unspecified atom stereocenters. The maximum absolute atomic E-state index is 12.4. The molecule has 0 spiro atoms. The van der Waals surface area contributed by atoms with Gasteiger partial charge in [0.25, 0.3) is 11.6 Å². The Morgan fingerprint density at radius 1 is 1.10 bits per heavy atom. The number of H-pyrrole nitrogens is 1. The fraction of sp³-hybridized carbons (Fsp3) is 0.0588. The predicted octanol–water partition coefficient (Wildman–Crippen LogP) is 4.89. The van der Waals surface area contributed by atoms with Crippen molar-refractivity contribution < 1.29 is 19.4 Å². The van der Waals surface area contributed by atoms with Gasteiger partial charge in [0, 0.05) is 17.2 Å². The van der Waals surface area contributed by atoms with Crippen LogP contribution >= 0.6 is 23.2 Å². The number of benzene rings is 2. The maximum atomic E-state index is 12.4. The molecule has 3 aromatic rings. The molecular formula is C17H11Cl2N5O6. The van der Waals surface area contributed by atoms with Crippen LogP contribution in [0.25, 0.3) is 0 Å². The number of nitrogens with one attached hydrogen (secondary N) is 2. The van der Waals surface area contributed by atoms with Crippen molar-refractivity contribution in [2.24, 2.45) is 0 Å². The topological polar surface area (TPSA) is 153 Å². The number of nitrogens with zero attached hydrogens (tertiary/aromatic N) is 3. The van der Waals surface area contributed by atoms with Gasteiger partial charge in [-0.25, -0.2) is 0 Å². The van der Waals surface area contributed by atoms with Crippen molar-refractivity contribution >= 4 is 46.3 Å². The van der Waals surface area contributed by atoms with Gasteiger partial charge in [-0.15, -0.1) is 5.10 Å². The van der Waals surface area contributed by atoms with Gasteiger partial charge in [-0.3, -0.25) is 14.9 Å². The van der Waals surface area contributed by atoms with Crippen molar-refractivity contribution in [1.29, 1.82) is 0 Å². The Kier molecular flexibility index (Phi) is 5.85. The van der Waals surface area contributed by atoms with E-state index >= 15 is 0 Å². The Balaban J connectivity index is 1.90. The molecule has 13 heteroatoms. The summed E-state index contributed by atoms with van der Waals surface area (Å²) in [5, 5.41) is 30.0. The largest absolute Gasteiger partial charge is 0.457 e. The molecule has 30 heavy (non-hydrogen) atoms. The number of halogens is 2. The normalized spacial score (nSPS) is 10.5. The number of carbonyl (C=O) groups is 1. The van der Waals surface area contributed by atoms with E-state index in [1.165, 1.54) is 12.1 Å². The minimum atomic E-state index is -0.905. The van der Waals surface area contributed by atoms with Crippen LogP contribution in [0.5, 0.6) is 11.5 Å². The molecule has 2 N–H and O–H groups in total. The Bertz CT molecular complexity index is 1180. The van der Waals surface area contributed by atoms with Gasteiger partial charge < -0.3 is 20.2 Å². The molecule has 0 saturated heterocycles. The lowest BCUT2D eigenvalue weighted by atomic mass is 10.2. The number of nitro groups is 2. The highest BCUT2D eigenvalue weighted by Crippen LogP contribution is 2.32. The summed E-state index contributed by atoms with van der Waals surface area (Å²) in [6, 6.07) is 8.43. The number of carbonyl (C=O) groups excluding carboxylic acids is 1. The number of aryl methyl sites for hydroxylation is 1. The molecule has 11 nitrogen and oxygen atoms in total. The van der Waals surface area contributed by atoms with Gasteiger partial charge in [-0.05, 0) is 35.6 Å². The van der Waals surface area contributed by atoms with Gasteiger partial charge in [-0.2, -0.15) is 0 Å². The van der Waals surface area contributed by atoms with Gasteiger partial charge in [0.2, 0.25) is 0 Å². The molecule has 0 aliphatic heterocycles. The monoisotopic (exact) mass is 451 g/mol. The van der Waals surface area contributed by atoms with E-state index < -0.39 is 32.3 Å². The molecular weight excluding hydrogens is 441 g/mol. The quantitative estimate of drug-likeness (QED) is 0.399. The second-order valence-electron chi connectivity index (χ2n) is 5.93. The summed E-state index contributed by atoms with van der Waals surface area (Å²) in [5.74, 6) is -1.11. The van der Waals surface area contributed by atoms with Crippen molar-refractivity contribution in [3.63, 3.8) is 0 Å². The first-order chi connectivity index (χ1) is 14.2. The number of ether oxygens (including phenoxy) is 1. The van der Waals surface area contributed by atoms with Crippen LogP contribution in [0.15, 0.2) is 36.4 Å². The van der Waals surface area contributed by atoms with E-state index in [-0.39, 0.29) is 17.1 Å². The SMILES string of the molecule is Cc1cc(Oc2cc(NC(=O)c3n[nH]c([N+](=O)[O-])c3Cl)cc([N+](=O)[O-])c2)ccc1Cl. The van der Waals surface area contributed by atoms with Crippen LogP contribution in [-0.4, -0.2) is 26.0 Å². The molecule has 3 rings (SSSR count). The summed E-state index contributed by atoms with van der Waals surface area (Å²) in [5.41, 5.74) is -0.0576. The number of rotatable bonds is 6. The molecule has 2 aromatic carbocycles. The van der Waals surface area contributed by atoms with Crippen molar-refractivity contribution in [1.82, 2.24) is 10.2 Å². The highest BCUT2D eigenvalue weighted by atomic mass is 35.5. The molecule has 1 amide bonds. The minimum Gasteiger partial charge on any atom is -0.457 e. The Labute approximate surface area is 177 Å². The van der Waals surface area contributed by atoms with Crippen LogP contribution in [0.4, 0.5) is 17.2 Å². The summed E-state index contributed by atoms with van der Waals surface area (Å²) < 4.78 is 5.64. The lowest BCUT2D eigenvalue weighted by Crippen LogP contribution is -2.13. The van der Waals surface area contributed by atoms with Crippen molar-refractivity contribution in [3.05, 3.63) is 77.9 Å². The second-order valence-corrected chi connectivity index (χ2v) is 6.72. The van der Waals surface area contributed by atoms with E-state index in [1.807, 2.05) is 5.10 Å². The van der Waals surface area contributed by atoms with Crippen LogP contribution in [0, 0.1) is 27.2 Å². The number of hydrogen-bond donors (Lipinski definition) is 2. The number of amides is 1. The third kappa shape index (κ3) is 4.47. The summed E-state index contributed by atoms with van der Waals surface area (Å²) >= 11 is 11.8. The van der Waals surface area contributed by atoms with E-state index in [9.17, 15) is 25.0 Å². The zero-order valence-electron chi connectivity index (χ0n) is 15.0. The molecule has 0 radical (unpaired) electrons. The maximum Gasteiger partial charge on any atom is 0.362 e. The van der Waals surface area contributed by atoms with Crippen LogP contribution in [0.1, 0.15) is 16.1 Å². The van der Waals surface area contributed by atoms with E-state index in [0.29, 0.717) is 10.8 Å². The predicted molar refractivity (Wildman–Crippen MR) is 108 cm³/mol. The lowest BCUT2D eigenvalue weighted by molar-refractivity contribution is -0.389. The van der Waals surface area contributed by atoms with Gasteiger partial charge in [0.1, 0.15) is 11.5 Å². The van der Waals surface area contributed by atoms with Gasteiger partial charge in [-0.1, -0.05) is 28.3 Å². The van der Waals surface area contributed by atoms with Crippen molar-refractivity contribution in [2.75, 3.05) is 5.32 Å². The van der Waals surface area contributed by atoms with Crippen LogP contribution < -0.4 is 10.1 Å². The van der Waals surface area contributed by atoms with Crippen molar-refractivity contribution in [3.8, 4) is 11.5 Å². The first kappa shape index (κ1) is 21.0. The van der Waals surface area contributed by atoms with E-state index in [0.717, 1.165) is 11.6 Å². The highest BCUT2D eigenvalue weighted by Gasteiger charge is 2.25. The average Bonchev–Trinajstić information content (AvgIpc) is 3.06. The standard InChI is InChI=1S/C17H11Cl2N5O6/c1-8-4-11(2-3-13(8)18)30-12-6-9(5-10(7-12)23(26)27)20-17(25)15-14(19)16(22-21-15)24(28)29/h2-7H,1H3,(H,20,25)(H,21,22). The van der Waals surface area contributed by atoms with E-state index in [1.54, 1.807) is 25.1 Å². The lowest BCUT2D eigenvalue weighted by Gasteiger charge is -2.10. The molecule has 0 fully saturated rings. The number of anilines is 1. The fourth-order valence-corrected chi connectivity index (χ4v) is 2.77. The number of aromatic nitrogens is 2. The molecule has 0 aliphatic rings. The summed E-state index contributed by atoms with van der Waals surface area (Å²) in [4.78, 5) is 32.9. The number of hydrogen-bond acceptors (Lipinski definition) is 7. The smallest absolute Gasteiger partial charge is 0.362 e. The summed E-state index contributed by atoms with van der Waals surface area (Å²) in [7, 11) is 0. The average molecular weight is 452 g/mol. The third-order valence-corrected chi connectivity index (χ3v) is 4.59. The minimum absolute atomic E-state index is 0.00314. The first-order valence-corrected chi connectivity index (χ1v) is 8.84. The van der Waals surface area contributed by atoms with Crippen LogP contribution in [0.2, 0.25) is 10.0 Å². The number of nitro benzene ring substituents is 1. The summed E-state index contributed by atoms with van der Waals surface area (Å²) in [6.07, 6.45) is 0. The highest BCUT2D eigenvalue weighted by molar-refractivity contribution is 6.36. The van der Waals surface area contributed by atoms with E-state index in [2.05, 4.69) is 10.4 Å². The molecule has 0 aliphatic carbocycles. The second kappa shape index (κ2) is 8.35. The fourth-order valence-electron chi connectivity index (χ4n) is 2.42. The Hall–Kier alpha value is -3.70. The molecule has 1 heterocycles. The molecule has 0 bridgehead atoms. The van der Waals surface area contributed by atoms with Crippen LogP contribution in [0.3, 0.4) is 0 Å². The van der Waals surface area contributed by atoms with E-state index in [4.69, 9.17) is 27.9 Å². The zero-order valence-corrected chi connectivity index (χ0v) is 16.5. The molecule has 0 saturated carbocycles. The van der Waals surface area contributed by atoms with Gasteiger partial charge >= 0.3 is 5.82 Å². The Morgan fingerprint density at radius 2 is 1.83 bits per heavy atom. The van der Waals surface area contributed by atoms with Crippen LogP contribution in [-0.2, 0) is 0 Å². The first-order valence-electron chi connectivity index (χ1n) is 8.09. The summed E-state index contributed by atoms with van der Waals surface area (Å²) in [6.45, 7) is 1.76.